The first-order valence-electron chi connectivity index (χ1n) is 4.66. The highest BCUT2D eigenvalue weighted by molar-refractivity contribution is 9.18. The molecule has 0 aliphatic carbocycles. The van der Waals surface area contributed by atoms with Crippen LogP contribution in [0.3, 0.4) is 0 Å². The van der Waals surface area contributed by atoms with E-state index < -0.39 is 0 Å². The summed E-state index contributed by atoms with van der Waals surface area (Å²) in [7, 11) is 0. The third-order valence-corrected chi connectivity index (χ3v) is 2.58. The van der Waals surface area contributed by atoms with E-state index in [1.807, 2.05) is 18.2 Å². The van der Waals surface area contributed by atoms with Crippen molar-refractivity contribution >= 4 is 20.6 Å². The standard InChI is InChI=1S/C11H14BrN.BrH/c1-2-3-9-13-11(12)10-7-5-4-6-8-10;/h4-8H,2-3,9H2,1H3;1H. The molecule has 1 nitrogen and oxygen atoms in total. The maximum Gasteiger partial charge on any atom is 0.248 e. The van der Waals surface area contributed by atoms with Crippen molar-refractivity contribution in [1.29, 1.82) is 0 Å². The van der Waals surface area contributed by atoms with Crippen molar-refractivity contribution in [1.82, 2.24) is 0 Å². The molecule has 0 aliphatic rings. The van der Waals surface area contributed by atoms with E-state index in [2.05, 4.69) is 40.0 Å². The zero-order chi connectivity index (χ0) is 9.52. The third-order valence-electron chi connectivity index (χ3n) is 1.84. The molecule has 0 atom stereocenters. The largest absolute Gasteiger partial charge is 1.00 e. The molecule has 0 spiro atoms. The molecule has 0 bridgehead atoms. The summed E-state index contributed by atoms with van der Waals surface area (Å²) in [6.45, 7) is 3.23. The van der Waals surface area contributed by atoms with E-state index in [1.54, 1.807) is 0 Å². The molecular weight excluding hydrogens is 306 g/mol. The van der Waals surface area contributed by atoms with Crippen LogP contribution in [0.5, 0.6) is 0 Å². The summed E-state index contributed by atoms with van der Waals surface area (Å²) < 4.78 is 1.08. The summed E-state index contributed by atoms with van der Waals surface area (Å²) in [6.07, 6.45) is 2.43. The second-order valence-corrected chi connectivity index (χ2v) is 3.75. The van der Waals surface area contributed by atoms with Crippen molar-refractivity contribution in [3.8, 4) is 0 Å². The summed E-state index contributed by atoms with van der Waals surface area (Å²) in [5.41, 5.74) is 1.21. The second-order valence-electron chi connectivity index (χ2n) is 2.96. The second kappa shape index (κ2) is 8.18. The van der Waals surface area contributed by atoms with Crippen molar-refractivity contribution in [3.63, 3.8) is 0 Å². The quantitative estimate of drug-likeness (QED) is 0.524. The SMILES string of the molecule is CCCC[NH+]=C(Br)c1ccccc1.[Br-]. The van der Waals surface area contributed by atoms with E-state index >= 15 is 0 Å². The van der Waals surface area contributed by atoms with Gasteiger partial charge in [-0.25, -0.2) is 4.99 Å². The fourth-order valence-corrected chi connectivity index (χ4v) is 1.52. The van der Waals surface area contributed by atoms with Crippen LogP contribution in [-0.2, 0) is 0 Å². The van der Waals surface area contributed by atoms with E-state index in [0.717, 1.165) is 11.2 Å². The average Bonchev–Trinajstić information content (AvgIpc) is 2.19. The summed E-state index contributed by atoms with van der Waals surface area (Å²) in [4.78, 5) is 3.33. The molecule has 0 heterocycles. The first kappa shape index (κ1) is 13.8. The van der Waals surface area contributed by atoms with Crippen LogP contribution >= 0.6 is 15.9 Å². The molecule has 0 saturated carbocycles. The minimum absolute atomic E-state index is 0. The van der Waals surface area contributed by atoms with Gasteiger partial charge in [-0.05, 0) is 12.1 Å². The van der Waals surface area contributed by atoms with Crippen molar-refractivity contribution < 1.29 is 22.0 Å². The van der Waals surface area contributed by atoms with Gasteiger partial charge in [-0.2, -0.15) is 0 Å². The van der Waals surface area contributed by atoms with Crippen molar-refractivity contribution in [2.75, 3.05) is 6.54 Å². The van der Waals surface area contributed by atoms with Crippen molar-refractivity contribution in [2.24, 2.45) is 0 Å². The van der Waals surface area contributed by atoms with Crippen LogP contribution in [0.4, 0.5) is 0 Å². The highest BCUT2D eigenvalue weighted by Crippen LogP contribution is 2.01. The maximum atomic E-state index is 3.52. The Morgan fingerprint density at radius 3 is 2.50 bits per heavy atom. The number of hydrogen-bond acceptors (Lipinski definition) is 0. The Labute approximate surface area is 105 Å². The molecule has 1 aromatic carbocycles. The lowest BCUT2D eigenvalue weighted by Gasteiger charge is -1.92. The minimum atomic E-state index is 0. The van der Waals surface area contributed by atoms with Gasteiger partial charge in [-0.3, -0.25) is 0 Å². The molecule has 0 aromatic heterocycles. The summed E-state index contributed by atoms with van der Waals surface area (Å²) >= 11 is 3.52. The van der Waals surface area contributed by atoms with Crippen LogP contribution < -0.4 is 22.0 Å². The zero-order valence-electron chi connectivity index (χ0n) is 8.26. The van der Waals surface area contributed by atoms with E-state index in [-0.39, 0.29) is 17.0 Å². The molecule has 14 heavy (non-hydrogen) atoms. The van der Waals surface area contributed by atoms with Gasteiger partial charge in [0.25, 0.3) is 0 Å². The minimum Gasteiger partial charge on any atom is -1.00 e. The molecule has 1 rings (SSSR count). The maximum absolute atomic E-state index is 3.52. The molecule has 0 amide bonds. The highest BCUT2D eigenvalue weighted by Gasteiger charge is 2.02. The predicted octanol–water partition coefficient (Wildman–Crippen LogP) is -1.29. The van der Waals surface area contributed by atoms with Gasteiger partial charge in [0.2, 0.25) is 4.62 Å². The van der Waals surface area contributed by atoms with E-state index in [9.17, 15) is 0 Å². The van der Waals surface area contributed by atoms with Gasteiger partial charge in [-0.15, -0.1) is 0 Å². The molecule has 3 heteroatoms. The molecule has 1 N–H and O–H groups in total. The molecule has 0 saturated heterocycles. The Morgan fingerprint density at radius 1 is 1.29 bits per heavy atom. The fraction of sp³-hybridized carbons (Fsp3) is 0.364. The van der Waals surface area contributed by atoms with Gasteiger partial charge in [0.1, 0.15) is 6.54 Å². The predicted molar refractivity (Wildman–Crippen MR) is 60.2 cm³/mol. The third kappa shape index (κ3) is 4.91. The Morgan fingerprint density at radius 2 is 1.93 bits per heavy atom. The lowest BCUT2D eigenvalue weighted by molar-refractivity contribution is -0.453. The lowest BCUT2D eigenvalue weighted by Crippen LogP contribution is -3.00. The summed E-state index contributed by atoms with van der Waals surface area (Å²) in [6, 6.07) is 10.3. The Balaban J connectivity index is 0.00000169. The molecule has 78 valence electrons. The van der Waals surface area contributed by atoms with Gasteiger partial charge in [0.05, 0.1) is 5.56 Å². The number of hydrogen-bond donors (Lipinski definition) is 1. The Kier molecular flexibility index (Phi) is 8.09. The van der Waals surface area contributed by atoms with Gasteiger partial charge in [-0.1, -0.05) is 31.5 Å². The first-order chi connectivity index (χ1) is 6.34. The number of nitrogens with one attached hydrogen (secondary N) is 1. The molecule has 1 aromatic rings. The van der Waals surface area contributed by atoms with Crippen LogP contribution in [0.1, 0.15) is 25.3 Å². The zero-order valence-corrected chi connectivity index (χ0v) is 11.4. The topological polar surface area (TPSA) is 14.0 Å². The number of rotatable bonds is 4. The van der Waals surface area contributed by atoms with Crippen LogP contribution in [0.2, 0.25) is 0 Å². The summed E-state index contributed by atoms with van der Waals surface area (Å²) in [5, 5.41) is 0. The van der Waals surface area contributed by atoms with Crippen LogP contribution in [0, 0.1) is 0 Å². The fourth-order valence-electron chi connectivity index (χ4n) is 1.06. The van der Waals surface area contributed by atoms with E-state index in [4.69, 9.17) is 0 Å². The van der Waals surface area contributed by atoms with Crippen molar-refractivity contribution in [2.45, 2.75) is 19.8 Å². The molecule has 0 fully saturated rings. The van der Waals surface area contributed by atoms with Crippen LogP contribution in [-0.4, -0.2) is 11.2 Å². The first-order valence-corrected chi connectivity index (χ1v) is 5.45. The molecule has 0 radical (unpaired) electrons. The average molecular weight is 321 g/mol. The van der Waals surface area contributed by atoms with Gasteiger partial charge < -0.3 is 17.0 Å². The summed E-state index contributed by atoms with van der Waals surface area (Å²) in [5.74, 6) is 0. The number of halogens is 2. The van der Waals surface area contributed by atoms with E-state index in [1.165, 1.54) is 18.4 Å². The van der Waals surface area contributed by atoms with Crippen molar-refractivity contribution in [3.05, 3.63) is 35.9 Å². The van der Waals surface area contributed by atoms with Gasteiger partial charge >= 0.3 is 0 Å². The van der Waals surface area contributed by atoms with Gasteiger partial charge in [0, 0.05) is 22.4 Å². The molecule has 0 unspecified atom stereocenters. The number of benzene rings is 1. The van der Waals surface area contributed by atoms with E-state index in [0.29, 0.717) is 0 Å². The monoisotopic (exact) mass is 319 g/mol. The van der Waals surface area contributed by atoms with Crippen LogP contribution in [0.15, 0.2) is 30.3 Å². The lowest BCUT2D eigenvalue weighted by atomic mass is 10.2. The van der Waals surface area contributed by atoms with Crippen LogP contribution in [0.25, 0.3) is 0 Å². The Bertz CT molecular complexity index is 270. The number of unbranched alkanes of at least 4 members (excludes halogenated alkanes) is 1. The molecular formula is C11H15Br2N. The normalized spacial score (nSPS) is 10.9. The molecule has 0 aliphatic heterocycles. The van der Waals surface area contributed by atoms with Gasteiger partial charge in [0.15, 0.2) is 0 Å². The smallest absolute Gasteiger partial charge is 0.248 e. The highest BCUT2D eigenvalue weighted by atomic mass is 79.9. The Hall–Kier alpha value is -0.150.